The van der Waals surface area contributed by atoms with Gasteiger partial charge in [0.05, 0.1) is 0 Å². The second-order valence-electron chi connectivity index (χ2n) is 11.7. The predicted octanol–water partition coefficient (Wildman–Crippen LogP) is 3.57. The highest BCUT2D eigenvalue weighted by Crippen LogP contribution is 2.44. The van der Waals surface area contributed by atoms with Gasteiger partial charge in [-0.3, -0.25) is 14.4 Å². The van der Waals surface area contributed by atoms with Gasteiger partial charge in [0.2, 0.25) is 17.7 Å². The summed E-state index contributed by atoms with van der Waals surface area (Å²) in [6.45, 7) is 8.97. The zero-order valence-electron chi connectivity index (χ0n) is 26.0. The number of benzene rings is 2. The molecule has 5 N–H and O–H groups in total. The summed E-state index contributed by atoms with van der Waals surface area (Å²) in [7, 11) is 0. The number of ether oxygens (including phenoxy) is 1. The summed E-state index contributed by atoms with van der Waals surface area (Å²) in [6, 6.07) is 13.0. The van der Waals surface area contributed by atoms with Crippen molar-refractivity contribution in [3.8, 4) is 11.1 Å². The number of fused-ring (bicyclic) bond motifs is 3. The summed E-state index contributed by atoms with van der Waals surface area (Å²) in [6.07, 6.45) is 0.0903. The van der Waals surface area contributed by atoms with Crippen LogP contribution in [0.1, 0.15) is 70.9 Å². The van der Waals surface area contributed by atoms with E-state index in [1.54, 1.807) is 6.92 Å². The third-order valence-corrected chi connectivity index (χ3v) is 7.85. The van der Waals surface area contributed by atoms with Crippen LogP contribution in [0.2, 0.25) is 0 Å². The van der Waals surface area contributed by atoms with E-state index in [1.165, 1.54) is 6.92 Å². The first-order chi connectivity index (χ1) is 20.9. The SMILES string of the molecule is CCC(C)C(NC(=O)CCNC(=O)OCC1c2ccccc2-c2ccccc21)C(=O)NC(C)C(=O)NC(CC(C)C)C(=O)O. The number of alkyl carbamates (subject to hydrolysis) is 1. The van der Waals surface area contributed by atoms with Crippen molar-refractivity contribution in [2.24, 2.45) is 11.8 Å². The molecule has 4 unspecified atom stereocenters. The largest absolute Gasteiger partial charge is 0.480 e. The summed E-state index contributed by atoms with van der Waals surface area (Å²) in [4.78, 5) is 62.3. The first kappa shape index (κ1) is 34.1. The van der Waals surface area contributed by atoms with Gasteiger partial charge in [-0.1, -0.05) is 82.6 Å². The molecule has 0 fully saturated rings. The molecule has 0 spiro atoms. The Kier molecular flexibility index (Phi) is 12.3. The molecule has 1 aliphatic carbocycles. The van der Waals surface area contributed by atoms with Crippen molar-refractivity contribution < 1.29 is 33.8 Å². The molecule has 44 heavy (non-hydrogen) atoms. The van der Waals surface area contributed by atoms with E-state index in [0.29, 0.717) is 6.42 Å². The van der Waals surface area contributed by atoms with Crippen LogP contribution in [0, 0.1) is 11.8 Å². The van der Waals surface area contributed by atoms with Crippen LogP contribution >= 0.6 is 0 Å². The van der Waals surface area contributed by atoms with Crippen molar-refractivity contribution in [2.75, 3.05) is 13.2 Å². The highest BCUT2D eigenvalue weighted by molar-refractivity contribution is 5.93. The van der Waals surface area contributed by atoms with Crippen LogP contribution in [-0.2, 0) is 23.9 Å². The Morgan fingerprint density at radius 2 is 1.43 bits per heavy atom. The van der Waals surface area contributed by atoms with Crippen LogP contribution in [0.4, 0.5) is 4.79 Å². The topological polar surface area (TPSA) is 163 Å². The Hall–Kier alpha value is -4.41. The fraction of sp³-hybridized carbons (Fsp3) is 0.485. The van der Waals surface area contributed by atoms with Crippen molar-refractivity contribution in [3.05, 3.63) is 59.7 Å². The molecule has 11 heteroatoms. The molecule has 238 valence electrons. The van der Waals surface area contributed by atoms with Gasteiger partial charge in [0, 0.05) is 18.9 Å². The number of carboxylic acids is 1. The summed E-state index contributed by atoms with van der Waals surface area (Å²) in [5.74, 6) is -3.09. The fourth-order valence-electron chi connectivity index (χ4n) is 5.23. The number of rotatable bonds is 15. The van der Waals surface area contributed by atoms with Crippen molar-refractivity contribution in [1.82, 2.24) is 21.3 Å². The van der Waals surface area contributed by atoms with Gasteiger partial charge < -0.3 is 31.1 Å². The van der Waals surface area contributed by atoms with E-state index >= 15 is 0 Å². The van der Waals surface area contributed by atoms with E-state index in [-0.39, 0.29) is 43.7 Å². The fourth-order valence-corrected chi connectivity index (χ4v) is 5.23. The van der Waals surface area contributed by atoms with Crippen LogP contribution in [0.25, 0.3) is 11.1 Å². The molecule has 0 bridgehead atoms. The van der Waals surface area contributed by atoms with Gasteiger partial charge in [0.1, 0.15) is 24.7 Å². The lowest BCUT2D eigenvalue weighted by atomic mass is 9.97. The normalized spacial score (nSPS) is 14.8. The molecule has 11 nitrogen and oxygen atoms in total. The molecule has 3 rings (SSSR count). The van der Waals surface area contributed by atoms with Gasteiger partial charge in [-0.15, -0.1) is 0 Å². The average Bonchev–Trinajstić information content (AvgIpc) is 3.31. The Labute approximate surface area is 258 Å². The number of hydrogen-bond donors (Lipinski definition) is 5. The maximum atomic E-state index is 13.0. The second kappa shape index (κ2) is 15.9. The highest BCUT2D eigenvalue weighted by Gasteiger charge is 2.31. The van der Waals surface area contributed by atoms with Crippen molar-refractivity contribution >= 4 is 29.8 Å². The maximum Gasteiger partial charge on any atom is 0.407 e. The van der Waals surface area contributed by atoms with Crippen LogP contribution in [0.3, 0.4) is 0 Å². The zero-order valence-corrected chi connectivity index (χ0v) is 26.0. The number of carbonyl (C=O) groups is 5. The third-order valence-electron chi connectivity index (χ3n) is 7.85. The minimum absolute atomic E-state index is 0.00257. The molecule has 0 saturated carbocycles. The molecule has 0 radical (unpaired) electrons. The van der Waals surface area contributed by atoms with Crippen LogP contribution < -0.4 is 21.3 Å². The molecule has 0 aliphatic heterocycles. The second-order valence-corrected chi connectivity index (χ2v) is 11.7. The van der Waals surface area contributed by atoms with Gasteiger partial charge in [-0.2, -0.15) is 0 Å². The van der Waals surface area contributed by atoms with Gasteiger partial charge in [0.25, 0.3) is 0 Å². The molecule has 2 aromatic carbocycles. The zero-order chi connectivity index (χ0) is 32.4. The minimum Gasteiger partial charge on any atom is -0.480 e. The number of carboxylic acid groups (broad SMARTS) is 1. The smallest absolute Gasteiger partial charge is 0.407 e. The molecule has 4 atom stereocenters. The van der Waals surface area contributed by atoms with E-state index in [9.17, 15) is 29.1 Å². The van der Waals surface area contributed by atoms with Gasteiger partial charge in [-0.05, 0) is 47.4 Å². The van der Waals surface area contributed by atoms with Gasteiger partial charge in [0.15, 0.2) is 0 Å². The minimum atomic E-state index is -1.15. The van der Waals surface area contributed by atoms with E-state index in [1.807, 2.05) is 57.2 Å². The Balaban J connectivity index is 1.47. The van der Waals surface area contributed by atoms with Crippen molar-refractivity contribution in [1.29, 1.82) is 0 Å². The maximum absolute atomic E-state index is 13.0. The summed E-state index contributed by atoms with van der Waals surface area (Å²) in [5.41, 5.74) is 4.44. The number of hydrogen-bond acceptors (Lipinski definition) is 6. The number of carbonyl (C=O) groups excluding carboxylic acids is 4. The van der Waals surface area contributed by atoms with Gasteiger partial charge in [-0.25, -0.2) is 9.59 Å². The number of aliphatic carboxylic acids is 1. The summed E-state index contributed by atoms with van der Waals surface area (Å²) in [5, 5.41) is 19.7. The molecule has 2 aromatic rings. The average molecular weight is 609 g/mol. The predicted molar refractivity (Wildman–Crippen MR) is 166 cm³/mol. The molecule has 1 aliphatic rings. The Morgan fingerprint density at radius 1 is 0.841 bits per heavy atom. The molecule has 4 amide bonds. The third kappa shape index (κ3) is 9.05. The van der Waals surface area contributed by atoms with E-state index < -0.39 is 47.9 Å². The molecule has 0 aromatic heterocycles. The van der Waals surface area contributed by atoms with Crippen molar-refractivity contribution in [3.63, 3.8) is 0 Å². The van der Waals surface area contributed by atoms with E-state index in [0.717, 1.165) is 22.3 Å². The first-order valence-electron chi connectivity index (χ1n) is 15.1. The van der Waals surface area contributed by atoms with E-state index in [2.05, 4.69) is 33.4 Å². The molecule has 0 saturated heterocycles. The van der Waals surface area contributed by atoms with Crippen LogP contribution in [0.5, 0.6) is 0 Å². The molecule has 0 heterocycles. The Morgan fingerprint density at radius 3 is 1.98 bits per heavy atom. The van der Waals surface area contributed by atoms with Crippen LogP contribution in [-0.4, -0.2) is 66.2 Å². The Bertz CT molecular complexity index is 1300. The lowest BCUT2D eigenvalue weighted by molar-refractivity contribution is -0.142. The molecular weight excluding hydrogens is 564 g/mol. The summed E-state index contributed by atoms with van der Waals surface area (Å²) < 4.78 is 5.51. The monoisotopic (exact) mass is 608 g/mol. The van der Waals surface area contributed by atoms with Gasteiger partial charge >= 0.3 is 12.1 Å². The van der Waals surface area contributed by atoms with Crippen molar-refractivity contribution in [2.45, 2.75) is 77.9 Å². The lowest BCUT2D eigenvalue weighted by Crippen LogP contribution is -2.56. The molecular formula is C33H44N4O7. The standard InChI is InChI=1S/C33H44N4O7/c1-6-20(4)29(31(40)35-21(5)30(39)36-27(32(41)42)17-19(2)3)37-28(38)15-16-34-33(43)44-18-26-24-13-9-7-11-22(24)23-12-8-10-14-25(23)26/h7-14,19-21,26-27,29H,6,15-18H2,1-5H3,(H,34,43)(H,35,40)(H,36,39)(H,37,38)(H,41,42). The van der Waals surface area contributed by atoms with Crippen LogP contribution in [0.15, 0.2) is 48.5 Å². The lowest BCUT2D eigenvalue weighted by Gasteiger charge is -2.26. The highest BCUT2D eigenvalue weighted by atomic mass is 16.5. The number of amides is 4. The quantitative estimate of drug-likeness (QED) is 0.206. The summed E-state index contributed by atoms with van der Waals surface area (Å²) >= 11 is 0. The number of nitrogens with one attached hydrogen (secondary N) is 4. The van der Waals surface area contributed by atoms with E-state index in [4.69, 9.17) is 4.74 Å². The first-order valence-corrected chi connectivity index (χ1v) is 15.1.